The summed E-state index contributed by atoms with van der Waals surface area (Å²) in [6.45, 7) is 4.92. The third-order valence-corrected chi connectivity index (χ3v) is 3.30. The van der Waals surface area contributed by atoms with Crippen LogP contribution in [0.3, 0.4) is 0 Å². The molecule has 0 atom stereocenters. The summed E-state index contributed by atoms with van der Waals surface area (Å²) in [6, 6.07) is 3.09. The van der Waals surface area contributed by atoms with E-state index in [1.165, 1.54) is 6.07 Å². The van der Waals surface area contributed by atoms with Gasteiger partial charge in [-0.25, -0.2) is 4.98 Å². The monoisotopic (exact) mass is 280 g/mol. The maximum Gasteiger partial charge on any atom is 0.290 e. The molecule has 1 aromatic heterocycles. The Morgan fingerprint density at radius 3 is 2.90 bits per heavy atom. The second-order valence-electron chi connectivity index (χ2n) is 4.81. The second kappa shape index (κ2) is 7.16. The predicted octanol–water partition coefficient (Wildman–Crippen LogP) is 1.48. The lowest BCUT2D eigenvalue weighted by atomic mass is 10.1. The van der Waals surface area contributed by atoms with Gasteiger partial charge in [-0.1, -0.05) is 0 Å². The maximum absolute atomic E-state index is 10.7. The second-order valence-corrected chi connectivity index (χ2v) is 4.81. The lowest BCUT2D eigenvalue weighted by Crippen LogP contribution is -2.33. The molecule has 0 radical (unpaired) electrons. The first-order chi connectivity index (χ1) is 9.66. The summed E-state index contributed by atoms with van der Waals surface area (Å²) >= 11 is 0. The predicted molar refractivity (Wildman–Crippen MR) is 76.0 cm³/mol. The zero-order chi connectivity index (χ0) is 14.4. The number of rotatable bonds is 6. The summed E-state index contributed by atoms with van der Waals surface area (Å²) in [5, 5.41) is 17.1. The molecule has 0 saturated carbocycles. The smallest absolute Gasteiger partial charge is 0.290 e. The van der Waals surface area contributed by atoms with Gasteiger partial charge in [0.05, 0.1) is 17.6 Å². The van der Waals surface area contributed by atoms with Gasteiger partial charge in [0.1, 0.15) is 11.5 Å². The van der Waals surface area contributed by atoms with E-state index in [4.69, 9.17) is 4.74 Å². The Kier molecular flexibility index (Phi) is 5.25. The molecule has 7 heteroatoms. The lowest BCUT2D eigenvalue weighted by molar-refractivity contribution is -0.385. The molecule has 1 aliphatic rings. The highest BCUT2D eigenvalue weighted by molar-refractivity contribution is 5.44. The van der Waals surface area contributed by atoms with E-state index in [-0.39, 0.29) is 5.69 Å². The first-order valence-electron chi connectivity index (χ1n) is 6.85. The molecule has 0 amide bonds. The first-order valence-corrected chi connectivity index (χ1v) is 6.85. The van der Waals surface area contributed by atoms with E-state index >= 15 is 0 Å². The molecular weight excluding hydrogens is 260 g/mol. The molecule has 7 nitrogen and oxygen atoms in total. The van der Waals surface area contributed by atoms with E-state index in [2.05, 4.69) is 15.6 Å². The molecule has 0 unspecified atom stereocenters. The van der Waals surface area contributed by atoms with Crippen molar-refractivity contribution in [3.63, 3.8) is 0 Å². The Bertz CT molecular complexity index is 461. The summed E-state index contributed by atoms with van der Waals surface area (Å²) in [5.74, 6) is 0.641. The fourth-order valence-corrected chi connectivity index (χ4v) is 2.21. The van der Waals surface area contributed by atoms with E-state index < -0.39 is 4.92 Å². The number of ether oxygens (including phenoxy) is 1. The number of aryl methyl sites for hydroxylation is 1. The van der Waals surface area contributed by atoms with Gasteiger partial charge in [-0.05, 0) is 38.9 Å². The highest BCUT2D eigenvalue weighted by Gasteiger charge is 2.13. The van der Waals surface area contributed by atoms with Crippen LogP contribution in [0.2, 0.25) is 0 Å². The number of nitrogens with zero attached hydrogens (tertiary/aromatic N) is 2. The number of anilines is 1. The molecule has 1 aliphatic heterocycles. The minimum absolute atomic E-state index is 0.0431. The van der Waals surface area contributed by atoms with Gasteiger partial charge in [0.15, 0.2) is 0 Å². The number of pyridine rings is 1. The molecule has 1 fully saturated rings. The van der Waals surface area contributed by atoms with Crippen molar-refractivity contribution in [2.75, 3.05) is 31.6 Å². The average molecular weight is 280 g/mol. The quantitative estimate of drug-likeness (QED) is 0.466. The van der Waals surface area contributed by atoms with Gasteiger partial charge in [-0.3, -0.25) is 10.1 Å². The van der Waals surface area contributed by atoms with Crippen molar-refractivity contribution in [2.24, 2.45) is 0 Å². The number of nitro groups is 1. The van der Waals surface area contributed by atoms with Gasteiger partial charge in [-0.2, -0.15) is 0 Å². The van der Waals surface area contributed by atoms with Crippen LogP contribution in [0, 0.1) is 17.0 Å². The molecular formula is C13H20N4O3. The van der Waals surface area contributed by atoms with E-state index in [1.807, 2.05) is 0 Å². The molecule has 2 heterocycles. The highest BCUT2D eigenvalue weighted by Crippen LogP contribution is 2.17. The van der Waals surface area contributed by atoms with Crippen LogP contribution in [-0.2, 0) is 4.74 Å². The summed E-state index contributed by atoms with van der Waals surface area (Å²) in [6.07, 6.45) is 2.44. The average Bonchev–Trinajstić information content (AvgIpc) is 2.44. The summed E-state index contributed by atoms with van der Waals surface area (Å²) in [5.41, 5.74) is 0.459. The largest absolute Gasteiger partial charge is 0.376 e. The van der Waals surface area contributed by atoms with Crippen molar-refractivity contribution < 1.29 is 9.66 Å². The minimum Gasteiger partial charge on any atom is -0.376 e. The molecule has 0 bridgehead atoms. The lowest BCUT2D eigenvalue weighted by Gasteiger charge is -2.23. The van der Waals surface area contributed by atoms with E-state index in [0.717, 1.165) is 25.9 Å². The third-order valence-electron chi connectivity index (χ3n) is 3.30. The van der Waals surface area contributed by atoms with Crippen LogP contribution in [0.5, 0.6) is 0 Å². The van der Waals surface area contributed by atoms with Crippen LogP contribution in [0.1, 0.15) is 18.5 Å². The maximum atomic E-state index is 10.7. The number of hydrogen-bond donors (Lipinski definition) is 2. The number of hydrogen-bond acceptors (Lipinski definition) is 6. The summed E-state index contributed by atoms with van der Waals surface area (Å²) in [4.78, 5) is 14.4. The number of aromatic nitrogens is 1. The van der Waals surface area contributed by atoms with Gasteiger partial charge in [0.2, 0.25) is 0 Å². The number of nitrogens with one attached hydrogen (secondary N) is 2. The Hall–Kier alpha value is -1.73. The Morgan fingerprint density at radius 1 is 1.50 bits per heavy atom. The Balaban J connectivity index is 1.73. The topological polar surface area (TPSA) is 89.3 Å². The SMILES string of the molecule is Cc1nc(NCCOC2CCNCC2)ccc1[N+](=O)[O-]. The van der Waals surface area contributed by atoms with Gasteiger partial charge in [0, 0.05) is 12.6 Å². The molecule has 20 heavy (non-hydrogen) atoms. The summed E-state index contributed by atoms with van der Waals surface area (Å²) < 4.78 is 5.76. The molecule has 0 aromatic carbocycles. The molecule has 2 N–H and O–H groups in total. The normalized spacial score (nSPS) is 16.1. The summed E-state index contributed by atoms with van der Waals surface area (Å²) in [7, 11) is 0. The molecule has 110 valence electrons. The molecule has 0 spiro atoms. The Labute approximate surface area is 117 Å². The van der Waals surface area contributed by atoms with E-state index in [0.29, 0.717) is 30.8 Å². The standard InChI is InChI=1S/C13H20N4O3/c1-10-12(17(18)19)2-3-13(16-10)15-8-9-20-11-4-6-14-7-5-11/h2-3,11,14H,4-9H2,1H3,(H,15,16). The zero-order valence-corrected chi connectivity index (χ0v) is 11.6. The van der Waals surface area contributed by atoms with Crippen LogP contribution >= 0.6 is 0 Å². The van der Waals surface area contributed by atoms with Crippen molar-refractivity contribution in [1.82, 2.24) is 10.3 Å². The van der Waals surface area contributed by atoms with Crippen molar-refractivity contribution >= 4 is 11.5 Å². The van der Waals surface area contributed by atoms with Crippen molar-refractivity contribution in [1.29, 1.82) is 0 Å². The van der Waals surface area contributed by atoms with Gasteiger partial charge in [-0.15, -0.1) is 0 Å². The molecule has 2 rings (SSSR count). The zero-order valence-electron chi connectivity index (χ0n) is 11.6. The fraction of sp³-hybridized carbons (Fsp3) is 0.615. The number of piperidine rings is 1. The van der Waals surface area contributed by atoms with E-state index in [9.17, 15) is 10.1 Å². The minimum atomic E-state index is -0.424. The van der Waals surface area contributed by atoms with Crippen molar-refractivity contribution in [3.05, 3.63) is 27.9 Å². The highest BCUT2D eigenvalue weighted by atomic mass is 16.6. The van der Waals surface area contributed by atoms with Crippen molar-refractivity contribution in [3.8, 4) is 0 Å². The van der Waals surface area contributed by atoms with Crippen LogP contribution in [-0.4, -0.2) is 42.3 Å². The van der Waals surface area contributed by atoms with Crippen LogP contribution < -0.4 is 10.6 Å². The molecule has 1 aromatic rings. The Morgan fingerprint density at radius 2 is 2.25 bits per heavy atom. The van der Waals surface area contributed by atoms with Crippen LogP contribution in [0.4, 0.5) is 11.5 Å². The van der Waals surface area contributed by atoms with Crippen molar-refractivity contribution in [2.45, 2.75) is 25.9 Å². The first kappa shape index (κ1) is 14.7. The van der Waals surface area contributed by atoms with Crippen LogP contribution in [0.15, 0.2) is 12.1 Å². The third kappa shape index (κ3) is 4.14. The van der Waals surface area contributed by atoms with E-state index in [1.54, 1.807) is 13.0 Å². The molecule has 0 aliphatic carbocycles. The van der Waals surface area contributed by atoms with Gasteiger partial charge in [0.25, 0.3) is 5.69 Å². The van der Waals surface area contributed by atoms with Gasteiger partial charge >= 0.3 is 0 Å². The molecule has 1 saturated heterocycles. The van der Waals surface area contributed by atoms with Crippen LogP contribution in [0.25, 0.3) is 0 Å². The fourth-order valence-electron chi connectivity index (χ4n) is 2.21. The van der Waals surface area contributed by atoms with Gasteiger partial charge < -0.3 is 15.4 Å².